The van der Waals surface area contributed by atoms with Crippen LogP contribution in [0.1, 0.15) is 42.6 Å². The number of anilines is 1. The molecule has 0 saturated heterocycles. The Morgan fingerprint density at radius 2 is 1.91 bits per heavy atom. The Bertz CT molecular complexity index is 1190. The number of nitrogens with zero attached hydrogens (tertiary/aromatic N) is 3. The first-order valence-corrected chi connectivity index (χ1v) is 10.1. The van der Waals surface area contributed by atoms with Crippen LogP contribution in [0, 0.1) is 0 Å². The second-order valence-corrected chi connectivity index (χ2v) is 7.71. The molecule has 3 aromatic rings. The quantitative estimate of drug-likeness (QED) is 0.425. The number of allylic oxidation sites excluding steroid dienone is 2. The van der Waals surface area contributed by atoms with Gasteiger partial charge in [0.15, 0.2) is 5.69 Å². The predicted molar refractivity (Wildman–Crippen MR) is 110 cm³/mol. The van der Waals surface area contributed by atoms with Crippen LogP contribution >= 0.6 is 0 Å². The topological polar surface area (TPSA) is 70.0 Å². The lowest BCUT2D eigenvalue weighted by Gasteiger charge is -2.20. The molecule has 0 aliphatic heterocycles. The third kappa shape index (κ3) is 4.99. The maximum Gasteiger partial charge on any atom is 0.434 e. The number of aromatic nitrogens is 4. The minimum absolute atomic E-state index is 0.125. The third-order valence-electron chi connectivity index (χ3n) is 5.37. The molecule has 0 saturated carbocycles. The zero-order valence-electron chi connectivity index (χ0n) is 17.2. The monoisotopic (exact) mass is 470 g/mol. The maximum absolute atomic E-state index is 13.1. The van der Waals surface area contributed by atoms with Gasteiger partial charge in [-0.15, -0.1) is 0 Å². The van der Waals surface area contributed by atoms with Crippen molar-refractivity contribution in [2.45, 2.75) is 44.1 Å². The molecular weight excluding hydrogens is 450 g/mol. The average Bonchev–Trinajstić information content (AvgIpc) is 3.34. The van der Waals surface area contributed by atoms with Crippen LogP contribution in [0.2, 0.25) is 0 Å². The molecule has 1 aliphatic rings. The first-order chi connectivity index (χ1) is 15.5. The zero-order chi connectivity index (χ0) is 23.8. The fraction of sp³-hybridized carbons (Fsp3) is 0.333. The van der Waals surface area contributed by atoms with E-state index in [-0.39, 0.29) is 22.9 Å². The van der Waals surface area contributed by atoms with Crippen molar-refractivity contribution in [1.82, 2.24) is 24.9 Å². The van der Waals surface area contributed by atoms with E-state index in [2.05, 4.69) is 27.3 Å². The molecule has 176 valence electrons. The normalized spacial score (nSPS) is 17.5. The SMILES string of the molecule is C=C(NC1CCC=C(Nc2cccc3nc(C(F)(F)F)cn23)CC1)c1cn[nH]c1C(F)(F)F. The van der Waals surface area contributed by atoms with Crippen molar-refractivity contribution in [2.75, 3.05) is 5.32 Å². The number of imidazole rings is 1. The summed E-state index contributed by atoms with van der Waals surface area (Å²) in [7, 11) is 0. The van der Waals surface area contributed by atoms with Gasteiger partial charge in [-0.25, -0.2) is 4.98 Å². The Balaban J connectivity index is 1.42. The molecule has 0 radical (unpaired) electrons. The zero-order valence-corrected chi connectivity index (χ0v) is 17.2. The van der Waals surface area contributed by atoms with E-state index in [1.54, 1.807) is 12.1 Å². The number of rotatable bonds is 5. The van der Waals surface area contributed by atoms with Crippen molar-refractivity contribution in [3.05, 3.63) is 65.9 Å². The highest BCUT2D eigenvalue weighted by molar-refractivity contribution is 5.63. The molecule has 3 heterocycles. The van der Waals surface area contributed by atoms with E-state index in [0.29, 0.717) is 31.5 Å². The van der Waals surface area contributed by atoms with Gasteiger partial charge in [-0.2, -0.15) is 31.4 Å². The molecule has 0 aromatic carbocycles. The molecule has 3 aromatic heterocycles. The van der Waals surface area contributed by atoms with Crippen LogP contribution in [0.25, 0.3) is 11.3 Å². The van der Waals surface area contributed by atoms with Crippen LogP contribution in [0.4, 0.5) is 32.2 Å². The van der Waals surface area contributed by atoms with Crippen LogP contribution < -0.4 is 10.6 Å². The molecule has 4 rings (SSSR count). The Morgan fingerprint density at radius 1 is 1.12 bits per heavy atom. The maximum atomic E-state index is 13.1. The summed E-state index contributed by atoms with van der Waals surface area (Å²) in [6.45, 7) is 3.73. The minimum Gasteiger partial charge on any atom is -0.382 e. The molecule has 1 atom stereocenters. The molecule has 0 fully saturated rings. The van der Waals surface area contributed by atoms with Gasteiger partial charge in [0.1, 0.15) is 17.2 Å². The molecule has 6 nitrogen and oxygen atoms in total. The van der Waals surface area contributed by atoms with Crippen LogP contribution in [0.3, 0.4) is 0 Å². The fourth-order valence-electron chi connectivity index (χ4n) is 3.76. The van der Waals surface area contributed by atoms with Crippen LogP contribution in [0.5, 0.6) is 0 Å². The van der Waals surface area contributed by atoms with E-state index in [9.17, 15) is 26.3 Å². The van der Waals surface area contributed by atoms with Gasteiger partial charge in [0, 0.05) is 29.2 Å². The van der Waals surface area contributed by atoms with Crippen molar-refractivity contribution < 1.29 is 26.3 Å². The molecule has 1 unspecified atom stereocenters. The molecular formula is C21H20F6N6. The highest BCUT2D eigenvalue weighted by atomic mass is 19.4. The summed E-state index contributed by atoms with van der Waals surface area (Å²) < 4.78 is 79.7. The standard InChI is InChI=1S/C21H20F6N6/c1-12(15-10-28-32-19(15)21(25,26)27)29-13-4-2-5-14(9-8-13)30-17-6-3-7-18-31-16(11-33(17)18)20(22,23)24/h3,5-7,10-11,13,29-30H,1-2,4,8-9H2,(H,28,32). The second-order valence-electron chi connectivity index (χ2n) is 7.71. The number of hydrogen-bond donors (Lipinski definition) is 3. The first kappa shape index (κ1) is 22.7. The Kier molecular flexibility index (Phi) is 5.85. The Hall–Kier alpha value is -3.44. The fourth-order valence-corrected chi connectivity index (χ4v) is 3.76. The molecule has 0 amide bonds. The lowest BCUT2D eigenvalue weighted by atomic mass is 10.1. The molecule has 33 heavy (non-hydrogen) atoms. The van der Waals surface area contributed by atoms with Gasteiger partial charge in [-0.05, 0) is 37.8 Å². The number of hydrogen-bond acceptors (Lipinski definition) is 4. The van der Waals surface area contributed by atoms with Crippen molar-refractivity contribution in [3.8, 4) is 0 Å². The number of fused-ring (bicyclic) bond motifs is 1. The Morgan fingerprint density at radius 3 is 2.64 bits per heavy atom. The Labute approximate surface area is 184 Å². The van der Waals surface area contributed by atoms with Gasteiger partial charge in [0.2, 0.25) is 0 Å². The van der Waals surface area contributed by atoms with E-state index in [1.807, 2.05) is 11.2 Å². The number of aromatic amines is 1. The number of nitrogens with one attached hydrogen (secondary N) is 3. The molecule has 0 spiro atoms. The molecule has 3 N–H and O–H groups in total. The summed E-state index contributed by atoms with van der Waals surface area (Å²) in [6, 6.07) is 4.61. The van der Waals surface area contributed by atoms with Gasteiger partial charge >= 0.3 is 12.4 Å². The van der Waals surface area contributed by atoms with Gasteiger partial charge in [0.05, 0.1) is 6.20 Å². The highest BCUT2D eigenvalue weighted by Crippen LogP contribution is 2.33. The predicted octanol–water partition coefficient (Wildman–Crippen LogP) is 5.59. The number of pyridine rings is 1. The summed E-state index contributed by atoms with van der Waals surface area (Å²) in [4.78, 5) is 3.62. The van der Waals surface area contributed by atoms with Crippen molar-refractivity contribution in [3.63, 3.8) is 0 Å². The average molecular weight is 470 g/mol. The second kappa shape index (κ2) is 8.49. The largest absolute Gasteiger partial charge is 0.434 e. The number of H-pyrrole nitrogens is 1. The summed E-state index contributed by atoms with van der Waals surface area (Å²) in [5.74, 6) is 0.436. The summed E-state index contributed by atoms with van der Waals surface area (Å²) in [5, 5.41) is 11.7. The molecule has 0 bridgehead atoms. The summed E-state index contributed by atoms with van der Waals surface area (Å²) in [6.07, 6.45) is -2.76. The lowest BCUT2D eigenvalue weighted by Crippen LogP contribution is -2.27. The van der Waals surface area contributed by atoms with Crippen molar-refractivity contribution >= 4 is 17.2 Å². The summed E-state index contributed by atoms with van der Waals surface area (Å²) >= 11 is 0. The number of alkyl halides is 6. The smallest absolute Gasteiger partial charge is 0.382 e. The van der Waals surface area contributed by atoms with Crippen LogP contribution in [0.15, 0.2) is 48.9 Å². The van der Waals surface area contributed by atoms with E-state index in [4.69, 9.17) is 0 Å². The third-order valence-corrected chi connectivity index (χ3v) is 5.37. The van der Waals surface area contributed by atoms with Crippen LogP contribution in [-0.4, -0.2) is 25.6 Å². The van der Waals surface area contributed by atoms with Crippen molar-refractivity contribution in [1.29, 1.82) is 0 Å². The van der Waals surface area contributed by atoms with E-state index >= 15 is 0 Å². The van der Waals surface area contributed by atoms with Gasteiger partial charge in [-0.3, -0.25) is 9.50 Å². The van der Waals surface area contributed by atoms with Gasteiger partial charge in [-0.1, -0.05) is 18.7 Å². The first-order valence-electron chi connectivity index (χ1n) is 10.1. The highest BCUT2D eigenvalue weighted by Gasteiger charge is 2.36. The van der Waals surface area contributed by atoms with Crippen LogP contribution in [-0.2, 0) is 12.4 Å². The van der Waals surface area contributed by atoms with E-state index in [1.165, 1.54) is 10.5 Å². The summed E-state index contributed by atoms with van der Waals surface area (Å²) in [5.41, 5.74) is -0.977. The van der Waals surface area contributed by atoms with E-state index in [0.717, 1.165) is 18.1 Å². The van der Waals surface area contributed by atoms with E-state index < -0.39 is 23.7 Å². The molecule has 1 aliphatic carbocycles. The van der Waals surface area contributed by atoms with Gasteiger partial charge in [0.25, 0.3) is 0 Å². The number of halogens is 6. The van der Waals surface area contributed by atoms with Gasteiger partial charge < -0.3 is 10.6 Å². The van der Waals surface area contributed by atoms with Crippen molar-refractivity contribution in [2.24, 2.45) is 0 Å². The minimum atomic E-state index is -4.57. The molecule has 12 heteroatoms. The lowest BCUT2D eigenvalue weighted by molar-refractivity contribution is -0.141.